The first-order valence-corrected chi connectivity index (χ1v) is 8.60. The summed E-state index contributed by atoms with van der Waals surface area (Å²) in [5.41, 5.74) is 0. The highest BCUT2D eigenvalue weighted by Crippen LogP contribution is 2.32. The van der Waals surface area contributed by atoms with Gasteiger partial charge in [0.1, 0.15) is 18.8 Å². The number of aliphatic hydroxyl groups excluding tert-OH is 1. The molecule has 1 fully saturated rings. The fourth-order valence-corrected chi connectivity index (χ4v) is 2.29. The molecule has 10 nitrogen and oxygen atoms in total. The van der Waals surface area contributed by atoms with Gasteiger partial charge in [0.2, 0.25) is 12.2 Å². The molecule has 0 amide bonds. The number of halogens is 3. The second-order valence-electron chi connectivity index (χ2n) is 5.43. The number of carbonyl (C=O) groups is 3. The predicted octanol–water partition coefficient (Wildman–Crippen LogP) is 0.863. The van der Waals surface area contributed by atoms with Gasteiger partial charge in [0, 0.05) is 20.8 Å². The second-order valence-corrected chi connectivity index (χ2v) is 7.71. The first-order chi connectivity index (χ1) is 12.3. The Morgan fingerprint density at radius 3 is 1.96 bits per heavy atom. The van der Waals surface area contributed by atoms with Crippen LogP contribution in [0, 0.1) is 5.41 Å². The summed E-state index contributed by atoms with van der Waals surface area (Å²) in [5.74, 6) is -3.13. The lowest BCUT2D eigenvalue weighted by molar-refractivity contribution is -0.289. The summed E-state index contributed by atoms with van der Waals surface area (Å²) in [6.07, 6.45) is -7.38. The molecule has 0 aromatic carbocycles. The molecule has 27 heavy (non-hydrogen) atoms. The van der Waals surface area contributed by atoms with E-state index >= 15 is 0 Å². The Morgan fingerprint density at radius 1 is 1.00 bits per heavy atom. The molecule has 0 radical (unpaired) electrons. The van der Waals surface area contributed by atoms with Crippen molar-refractivity contribution in [3.05, 3.63) is 0 Å². The van der Waals surface area contributed by atoms with Gasteiger partial charge in [-0.2, -0.15) is 0 Å². The van der Waals surface area contributed by atoms with E-state index in [9.17, 15) is 19.5 Å². The molecule has 0 aromatic rings. The summed E-state index contributed by atoms with van der Waals surface area (Å²) < 4.78 is 23.1. The van der Waals surface area contributed by atoms with Gasteiger partial charge in [-0.05, 0) is 0 Å². The molecule has 154 valence electrons. The number of rotatable bonds is 5. The number of nitrogens with one attached hydrogen (secondary N) is 1. The van der Waals surface area contributed by atoms with Crippen LogP contribution in [0.5, 0.6) is 0 Å². The van der Waals surface area contributed by atoms with Crippen LogP contribution in [0.2, 0.25) is 0 Å². The summed E-state index contributed by atoms with van der Waals surface area (Å²) in [7, 11) is 0. The molecule has 0 spiro atoms. The molecule has 1 rings (SSSR count). The molecule has 1 heterocycles. The molecule has 0 bridgehead atoms. The summed E-state index contributed by atoms with van der Waals surface area (Å²) >= 11 is 16.6. The van der Waals surface area contributed by atoms with Crippen molar-refractivity contribution in [1.29, 1.82) is 5.41 Å². The Hall–Kier alpha value is -1.33. The molecule has 0 unspecified atom stereocenters. The van der Waals surface area contributed by atoms with Gasteiger partial charge in [-0.3, -0.25) is 19.8 Å². The van der Waals surface area contributed by atoms with Crippen LogP contribution in [0.15, 0.2) is 0 Å². The van der Waals surface area contributed by atoms with Crippen LogP contribution in [0.1, 0.15) is 20.8 Å². The molecular formula is C14H18Cl3NO9. The van der Waals surface area contributed by atoms with Crippen LogP contribution in [0.25, 0.3) is 0 Å². The maximum absolute atomic E-state index is 11.4. The van der Waals surface area contributed by atoms with Crippen molar-refractivity contribution < 1.29 is 43.2 Å². The molecule has 1 aliphatic rings. The number of hydrogen-bond acceptors (Lipinski definition) is 10. The van der Waals surface area contributed by atoms with Gasteiger partial charge < -0.3 is 28.8 Å². The second kappa shape index (κ2) is 9.74. The summed E-state index contributed by atoms with van der Waals surface area (Å²) in [4.78, 5) is 33.8. The highest BCUT2D eigenvalue weighted by atomic mass is 35.6. The average Bonchev–Trinajstić information content (AvgIpc) is 2.50. The normalized spacial score (nSPS) is 28.0. The fraction of sp³-hybridized carbons (Fsp3) is 0.714. The van der Waals surface area contributed by atoms with E-state index in [1.165, 1.54) is 0 Å². The van der Waals surface area contributed by atoms with Crippen molar-refractivity contribution in [3.8, 4) is 0 Å². The number of carbonyl (C=O) groups excluding carboxylic acids is 3. The minimum atomic E-state index is -2.26. The standard InChI is InChI=1S/C14H18Cl3NO9/c1-5(19)23-4-8-10(24-6(2)20)9(22)11(25-7(3)21)12(26-8)27-13(18)14(15,16)17/h8-12,18,22H,4H2,1-3H3/t8-,9+,10-,11+,12-/m1/s1. The Labute approximate surface area is 169 Å². The summed E-state index contributed by atoms with van der Waals surface area (Å²) in [6.45, 7) is 2.83. The molecule has 0 aromatic heterocycles. The first-order valence-electron chi connectivity index (χ1n) is 7.46. The minimum absolute atomic E-state index is 0.432. The van der Waals surface area contributed by atoms with Crippen LogP contribution in [-0.4, -0.2) is 70.0 Å². The molecule has 2 N–H and O–H groups in total. The zero-order valence-electron chi connectivity index (χ0n) is 14.4. The highest BCUT2D eigenvalue weighted by molar-refractivity contribution is 6.76. The van der Waals surface area contributed by atoms with Crippen LogP contribution in [0.4, 0.5) is 0 Å². The third kappa shape index (κ3) is 7.30. The van der Waals surface area contributed by atoms with E-state index in [0.29, 0.717) is 0 Å². The van der Waals surface area contributed by atoms with Gasteiger partial charge in [0.15, 0.2) is 12.2 Å². The van der Waals surface area contributed by atoms with Crippen molar-refractivity contribution in [2.75, 3.05) is 6.61 Å². The molecular weight excluding hydrogens is 433 g/mol. The van der Waals surface area contributed by atoms with Crippen molar-refractivity contribution in [3.63, 3.8) is 0 Å². The molecule has 13 heteroatoms. The van der Waals surface area contributed by atoms with Crippen molar-refractivity contribution in [1.82, 2.24) is 0 Å². The van der Waals surface area contributed by atoms with E-state index in [2.05, 4.69) is 0 Å². The van der Waals surface area contributed by atoms with Gasteiger partial charge in [-0.1, -0.05) is 34.8 Å². The van der Waals surface area contributed by atoms with Crippen LogP contribution in [0.3, 0.4) is 0 Å². The SMILES string of the molecule is CC(=O)OC[C@H]1O[C@H](OC(=N)C(Cl)(Cl)Cl)[C@@H](OC(C)=O)[C@@H](O)[C@@H]1OC(C)=O. The van der Waals surface area contributed by atoms with Gasteiger partial charge in [-0.25, -0.2) is 0 Å². The van der Waals surface area contributed by atoms with E-state index in [0.717, 1.165) is 20.8 Å². The predicted molar refractivity (Wildman–Crippen MR) is 91.5 cm³/mol. The van der Waals surface area contributed by atoms with E-state index in [1.54, 1.807) is 0 Å². The van der Waals surface area contributed by atoms with Crippen LogP contribution < -0.4 is 0 Å². The number of alkyl halides is 3. The van der Waals surface area contributed by atoms with Crippen molar-refractivity contribution in [2.45, 2.75) is 55.3 Å². The molecule has 1 saturated heterocycles. The van der Waals surface area contributed by atoms with E-state index in [4.69, 9.17) is 63.9 Å². The zero-order chi connectivity index (χ0) is 20.9. The van der Waals surface area contributed by atoms with Crippen LogP contribution >= 0.6 is 34.8 Å². The zero-order valence-corrected chi connectivity index (χ0v) is 16.7. The maximum atomic E-state index is 11.4. The monoisotopic (exact) mass is 449 g/mol. The fourth-order valence-electron chi connectivity index (χ4n) is 2.16. The summed E-state index contributed by atoms with van der Waals surface area (Å²) in [5, 5.41) is 18.1. The maximum Gasteiger partial charge on any atom is 0.303 e. The highest BCUT2D eigenvalue weighted by Gasteiger charge is 2.51. The molecule has 5 atom stereocenters. The Kier molecular flexibility index (Phi) is 8.55. The lowest BCUT2D eigenvalue weighted by Crippen LogP contribution is -2.62. The quantitative estimate of drug-likeness (QED) is 0.205. The largest absolute Gasteiger partial charge is 0.463 e. The average molecular weight is 451 g/mol. The lowest BCUT2D eigenvalue weighted by Gasteiger charge is -2.42. The van der Waals surface area contributed by atoms with Gasteiger partial charge >= 0.3 is 17.9 Å². The Balaban J connectivity index is 3.13. The number of ether oxygens (including phenoxy) is 5. The molecule has 0 aliphatic carbocycles. The topological polar surface area (TPSA) is 141 Å². The first kappa shape index (κ1) is 23.7. The van der Waals surface area contributed by atoms with Crippen LogP contribution in [-0.2, 0) is 38.1 Å². The third-order valence-electron chi connectivity index (χ3n) is 3.16. The summed E-state index contributed by atoms with van der Waals surface area (Å²) in [6, 6.07) is 0. The van der Waals surface area contributed by atoms with E-state index in [1.807, 2.05) is 0 Å². The smallest absolute Gasteiger partial charge is 0.303 e. The number of esters is 3. The molecule has 1 aliphatic heterocycles. The number of aliphatic hydroxyl groups is 1. The van der Waals surface area contributed by atoms with Gasteiger partial charge in [0.25, 0.3) is 3.79 Å². The van der Waals surface area contributed by atoms with E-state index < -0.39 is 64.9 Å². The van der Waals surface area contributed by atoms with E-state index in [-0.39, 0.29) is 0 Å². The van der Waals surface area contributed by atoms with Crippen molar-refractivity contribution >= 4 is 58.6 Å². The third-order valence-corrected chi connectivity index (χ3v) is 3.68. The van der Waals surface area contributed by atoms with Crippen molar-refractivity contribution in [2.24, 2.45) is 0 Å². The minimum Gasteiger partial charge on any atom is -0.463 e. The Bertz CT molecular complexity index is 593. The lowest BCUT2D eigenvalue weighted by atomic mass is 9.98. The van der Waals surface area contributed by atoms with Gasteiger partial charge in [0.05, 0.1) is 0 Å². The Morgan fingerprint density at radius 2 is 1.52 bits per heavy atom. The number of hydrogen-bond donors (Lipinski definition) is 2. The molecule has 0 saturated carbocycles. The van der Waals surface area contributed by atoms with Gasteiger partial charge in [-0.15, -0.1) is 0 Å².